The highest BCUT2D eigenvalue weighted by atomic mass is 32.2. The summed E-state index contributed by atoms with van der Waals surface area (Å²) in [6, 6.07) is 14.4. The van der Waals surface area contributed by atoms with Crippen molar-refractivity contribution in [2.45, 2.75) is 9.79 Å². The summed E-state index contributed by atoms with van der Waals surface area (Å²) in [5.74, 6) is 0.306. The minimum absolute atomic E-state index is 0.00786. The van der Waals surface area contributed by atoms with Gasteiger partial charge in [0.25, 0.3) is 0 Å². The lowest BCUT2D eigenvalue weighted by Gasteiger charge is -2.06. The SMILES string of the molecule is Nc1nc(N)nc(-c2ccc(S(=O)(=O)c3ccccc3)cc2)n1. The molecule has 0 unspecified atom stereocenters. The summed E-state index contributed by atoms with van der Waals surface area (Å²) in [7, 11) is -3.56. The average Bonchev–Trinajstić information content (AvgIpc) is 2.55. The Kier molecular flexibility index (Phi) is 3.67. The van der Waals surface area contributed by atoms with Gasteiger partial charge in [-0.2, -0.15) is 15.0 Å². The summed E-state index contributed by atoms with van der Waals surface area (Å²) >= 11 is 0. The number of nitrogens with zero attached hydrogens (tertiary/aromatic N) is 3. The van der Waals surface area contributed by atoms with Gasteiger partial charge in [0.05, 0.1) is 9.79 Å². The normalized spacial score (nSPS) is 11.3. The van der Waals surface area contributed by atoms with Crippen molar-refractivity contribution in [2.24, 2.45) is 0 Å². The van der Waals surface area contributed by atoms with Gasteiger partial charge in [0, 0.05) is 5.56 Å². The van der Waals surface area contributed by atoms with Crippen LogP contribution in [0.1, 0.15) is 0 Å². The van der Waals surface area contributed by atoms with E-state index in [1.165, 1.54) is 12.1 Å². The van der Waals surface area contributed by atoms with E-state index in [1.54, 1.807) is 42.5 Å². The van der Waals surface area contributed by atoms with E-state index >= 15 is 0 Å². The Hall–Kier alpha value is -3.00. The molecule has 8 heteroatoms. The molecule has 1 heterocycles. The molecule has 4 N–H and O–H groups in total. The van der Waals surface area contributed by atoms with Gasteiger partial charge < -0.3 is 11.5 Å². The smallest absolute Gasteiger partial charge is 0.225 e. The van der Waals surface area contributed by atoms with Crippen LogP contribution in [0, 0.1) is 0 Å². The van der Waals surface area contributed by atoms with Gasteiger partial charge in [-0.3, -0.25) is 0 Å². The fraction of sp³-hybridized carbons (Fsp3) is 0. The third-order valence-electron chi connectivity index (χ3n) is 3.15. The van der Waals surface area contributed by atoms with E-state index in [0.717, 1.165) is 0 Å². The molecule has 3 rings (SSSR count). The van der Waals surface area contributed by atoms with Gasteiger partial charge in [-0.05, 0) is 36.4 Å². The van der Waals surface area contributed by atoms with Gasteiger partial charge in [-0.15, -0.1) is 0 Å². The Morgan fingerprint density at radius 3 is 1.78 bits per heavy atom. The molecule has 0 amide bonds. The molecule has 2 aromatic carbocycles. The highest BCUT2D eigenvalue weighted by Crippen LogP contribution is 2.23. The van der Waals surface area contributed by atoms with Gasteiger partial charge >= 0.3 is 0 Å². The van der Waals surface area contributed by atoms with Crippen molar-refractivity contribution >= 4 is 21.7 Å². The minimum Gasteiger partial charge on any atom is -0.368 e. The monoisotopic (exact) mass is 327 g/mol. The lowest BCUT2D eigenvalue weighted by atomic mass is 10.2. The summed E-state index contributed by atoms with van der Waals surface area (Å²) in [4.78, 5) is 12.1. The van der Waals surface area contributed by atoms with Crippen LogP contribution < -0.4 is 11.5 Å². The van der Waals surface area contributed by atoms with Crippen molar-refractivity contribution in [1.82, 2.24) is 15.0 Å². The summed E-state index contributed by atoms with van der Waals surface area (Å²) in [6.45, 7) is 0. The molecular weight excluding hydrogens is 314 g/mol. The van der Waals surface area contributed by atoms with Crippen LogP contribution in [-0.2, 0) is 9.84 Å². The van der Waals surface area contributed by atoms with Crippen LogP contribution in [0.4, 0.5) is 11.9 Å². The van der Waals surface area contributed by atoms with E-state index in [-0.39, 0.29) is 21.7 Å². The van der Waals surface area contributed by atoms with Crippen LogP contribution >= 0.6 is 0 Å². The predicted molar refractivity (Wildman–Crippen MR) is 86.0 cm³/mol. The maximum atomic E-state index is 12.5. The molecule has 0 fully saturated rings. The van der Waals surface area contributed by atoms with Crippen molar-refractivity contribution in [2.75, 3.05) is 11.5 Å². The zero-order chi connectivity index (χ0) is 16.4. The molecule has 0 aliphatic carbocycles. The third kappa shape index (κ3) is 2.97. The van der Waals surface area contributed by atoms with Crippen molar-refractivity contribution in [3.05, 3.63) is 54.6 Å². The second kappa shape index (κ2) is 5.65. The number of sulfone groups is 1. The molecular formula is C15H13N5O2S. The first-order chi connectivity index (χ1) is 11.0. The molecule has 0 radical (unpaired) electrons. The van der Waals surface area contributed by atoms with E-state index < -0.39 is 9.84 Å². The van der Waals surface area contributed by atoms with E-state index in [4.69, 9.17) is 11.5 Å². The maximum Gasteiger partial charge on any atom is 0.225 e. The molecule has 0 spiro atoms. The average molecular weight is 327 g/mol. The minimum atomic E-state index is -3.56. The second-order valence-corrected chi connectivity index (χ2v) is 6.67. The first-order valence-corrected chi connectivity index (χ1v) is 8.13. The van der Waals surface area contributed by atoms with E-state index in [2.05, 4.69) is 15.0 Å². The Morgan fingerprint density at radius 2 is 1.22 bits per heavy atom. The number of anilines is 2. The molecule has 3 aromatic rings. The highest BCUT2D eigenvalue weighted by Gasteiger charge is 2.17. The van der Waals surface area contributed by atoms with Gasteiger partial charge in [0.1, 0.15) is 0 Å². The molecule has 0 aliphatic rings. The lowest BCUT2D eigenvalue weighted by Crippen LogP contribution is -2.05. The van der Waals surface area contributed by atoms with Gasteiger partial charge in [0.15, 0.2) is 5.82 Å². The number of nitrogens with two attached hydrogens (primary N) is 2. The first kappa shape index (κ1) is 14.9. The molecule has 0 aliphatic heterocycles. The summed E-state index contributed by atoms with van der Waals surface area (Å²) < 4.78 is 25.0. The summed E-state index contributed by atoms with van der Waals surface area (Å²) in [5, 5.41) is 0. The number of benzene rings is 2. The third-order valence-corrected chi connectivity index (χ3v) is 4.93. The van der Waals surface area contributed by atoms with E-state index in [0.29, 0.717) is 11.4 Å². The lowest BCUT2D eigenvalue weighted by molar-refractivity contribution is 0.596. The van der Waals surface area contributed by atoms with Gasteiger partial charge in [-0.25, -0.2) is 8.42 Å². The van der Waals surface area contributed by atoms with Crippen molar-refractivity contribution in [1.29, 1.82) is 0 Å². The van der Waals surface area contributed by atoms with Gasteiger partial charge in [-0.1, -0.05) is 18.2 Å². The Bertz CT molecular complexity index is 921. The molecule has 0 atom stereocenters. The van der Waals surface area contributed by atoms with E-state index in [1.807, 2.05) is 0 Å². The fourth-order valence-electron chi connectivity index (χ4n) is 2.06. The van der Waals surface area contributed by atoms with Crippen molar-refractivity contribution < 1.29 is 8.42 Å². The standard InChI is InChI=1S/C15H13N5O2S/c16-14-18-13(19-15(17)20-14)10-6-8-12(9-7-10)23(21,22)11-4-2-1-3-5-11/h1-9H,(H4,16,17,18,19,20). The zero-order valence-electron chi connectivity index (χ0n) is 11.9. The quantitative estimate of drug-likeness (QED) is 0.747. The predicted octanol–water partition coefficient (Wildman–Crippen LogP) is 1.54. The zero-order valence-corrected chi connectivity index (χ0v) is 12.7. The van der Waals surface area contributed by atoms with Gasteiger partial charge in [0.2, 0.25) is 21.7 Å². The second-order valence-electron chi connectivity index (χ2n) is 4.72. The van der Waals surface area contributed by atoms with Crippen molar-refractivity contribution in [3.8, 4) is 11.4 Å². The van der Waals surface area contributed by atoms with Crippen molar-refractivity contribution in [3.63, 3.8) is 0 Å². The Morgan fingerprint density at radius 1 is 0.696 bits per heavy atom. The Balaban J connectivity index is 2.00. The number of hydrogen-bond donors (Lipinski definition) is 2. The molecule has 0 saturated heterocycles. The van der Waals surface area contributed by atoms with E-state index in [9.17, 15) is 8.42 Å². The first-order valence-electron chi connectivity index (χ1n) is 6.64. The molecule has 23 heavy (non-hydrogen) atoms. The summed E-state index contributed by atoms with van der Waals surface area (Å²) in [5.41, 5.74) is 11.7. The fourth-order valence-corrected chi connectivity index (χ4v) is 3.34. The topological polar surface area (TPSA) is 125 Å². The number of aromatic nitrogens is 3. The van der Waals surface area contributed by atoms with Crippen LogP contribution in [0.2, 0.25) is 0 Å². The molecule has 1 aromatic heterocycles. The van der Waals surface area contributed by atoms with Crippen LogP contribution in [-0.4, -0.2) is 23.4 Å². The molecule has 0 saturated carbocycles. The maximum absolute atomic E-state index is 12.5. The molecule has 116 valence electrons. The van der Waals surface area contributed by atoms with Crippen LogP contribution in [0.3, 0.4) is 0 Å². The number of nitrogen functional groups attached to an aromatic ring is 2. The highest BCUT2D eigenvalue weighted by molar-refractivity contribution is 7.91. The van der Waals surface area contributed by atoms with Crippen LogP contribution in [0.25, 0.3) is 11.4 Å². The molecule has 0 bridgehead atoms. The van der Waals surface area contributed by atoms with Crippen LogP contribution in [0.15, 0.2) is 64.4 Å². The largest absolute Gasteiger partial charge is 0.368 e. The number of hydrogen-bond acceptors (Lipinski definition) is 7. The molecule has 7 nitrogen and oxygen atoms in total. The van der Waals surface area contributed by atoms with Crippen LogP contribution in [0.5, 0.6) is 0 Å². The Labute approximate surface area is 133 Å². The summed E-state index contributed by atoms with van der Waals surface area (Å²) in [6.07, 6.45) is 0. The number of rotatable bonds is 3.